The van der Waals surface area contributed by atoms with Crippen molar-refractivity contribution < 1.29 is 0 Å². The second-order valence-corrected chi connectivity index (χ2v) is 6.38. The van der Waals surface area contributed by atoms with Gasteiger partial charge in [0.1, 0.15) is 0 Å². The number of hydrogen-bond donors (Lipinski definition) is 2. The molecule has 0 amide bonds. The lowest BCUT2D eigenvalue weighted by Gasteiger charge is -2.04. The Hall–Kier alpha value is -1.43. The quantitative estimate of drug-likeness (QED) is 0.726. The number of H-pyrrole nitrogens is 1. The summed E-state index contributed by atoms with van der Waals surface area (Å²) in [7, 11) is 0. The average molecular weight is 348 g/mol. The summed E-state index contributed by atoms with van der Waals surface area (Å²) in [5.41, 5.74) is 3.44. The fourth-order valence-corrected chi connectivity index (χ4v) is 3.49. The Morgan fingerprint density at radius 3 is 2.80 bits per heavy atom. The Morgan fingerprint density at radius 2 is 2.05 bits per heavy atom. The topological polar surface area (TPSA) is 40.7 Å². The number of nitrogens with one attached hydrogen (secondary N) is 2. The zero-order chi connectivity index (χ0) is 13.8. The van der Waals surface area contributed by atoms with Crippen molar-refractivity contribution in [3.05, 3.63) is 62.9 Å². The van der Waals surface area contributed by atoms with Crippen LogP contribution in [0.2, 0.25) is 0 Å². The number of benzene rings is 1. The zero-order valence-corrected chi connectivity index (χ0v) is 13.2. The van der Waals surface area contributed by atoms with Crippen molar-refractivity contribution in [3.8, 4) is 11.3 Å². The molecule has 0 aliphatic rings. The first-order valence-electron chi connectivity index (χ1n) is 6.34. The number of aromatic amines is 1. The molecule has 0 spiro atoms. The summed E-state index contributed by atoms with van der Waals surface area (Å²) >= 11 is 5.23. The third-order valence-electron chi connectivity index (χ3n) is 3.02. The standard InChI is InChI=1S/C15H14BrN3S/c16-13-6-14(20-10-13)9-17-7-12-8-18-19-15(12)11-4-2-1-3-5-11/h1-6,8,10,17H,7,9H2,(H,18,19). The van der Waals surface area contributed by atoms with E-state index in [1.165, 1.54) is 16.0 Å². The van der Waals surface area contributed by atoms with Crippen LogP contribution < -0.4 is 5.32 Å². The van der Waals surface area contributed by atoms with Crippen LogP contribution in [0.15, 0.2) is 52.4 Å². The van der Waals surface area contributed by atoms with Crippen molar-refractivity contribution in [1.82, 2.24) is 15.5 Å². The van der Waals surface area contributed by atoms with E-state index in [0.29, 0.717) is 0 Å². The van der Waals surface area contributed by atoms with Crippen LogP contribution in [-0.4, -0.2) is 10.2 Å². The highest BCUT2D eigenvalue weighted by molar-refractivity contribution is 9.10. The van der Waals surface area contributed by atoms with Gasteiger partial charge < -0.3 is 5.32 Å². The summed E-state index contributed by atoms with van der Waals surface area (Å²) in [6.45, 7) is 1.67. The van der Waals surface area contributed by atoms with Gasteiger partial charge in [-0.1, -0.05) is 30.3 Å². The van der Waals surface area contributed by atoms with E-state index in [2.05, 4.69) is 55.0 Å². The molecule has 0 fully saturated rings. The van der Waals surface area contributed by atoms with Gasteiger partial charge in [0.2, 0.25) is 0 Å². The summed E-state index contributed by atoms with van der Waals surface area (Å²) in [6.07, 6.45) is 1.89. The second-order valence-electron chi connectivity index (χ2n) is 4.47. The van der Waals surface area contributed by atoms with Crippen LogP contribution >= 0.6 is 27.3 Å². The fraction of sp³-hybridized carbons (Fsp3) is 0.133. The van der Waals surface area contributed by atoms with Crippen molar-refractivity contribution in [3.63, 3.8) is 0 Å². The van der Waals surface area contributed by atoms with E-state index in [-0.39, 0.29) is 0 Å². The van der Waals surface area contributed by atoms with Crippen molar-refractivity contribution in [2.24, 2.45) is 0 Å². The minimum Gasteiger partial charge on any atom is -0.308 e. The molecule has 102 valence electrons. The molecule has 5 heteroatoms. The minimum atomic E-state index is 0.802. The van der Waals surface area contributed by atoms with Crippen molar-refractivity contribution in [2.45, 2.75) is 13.1 Å². The van der Waals surface area contributed by atoms with Crippen LogP contribution in [0.25, 0.3) is 11.3 Å². The summed E-state index contributed by atoms with van der Waals surface area (Å²) in [4.78, 5) is 1.32. The highest BCUT2D eigenvalue weighted by atomic mass is 79.9. The number of nitrogens with zero attached hydrogens (tertiary/aromatic N) is 1. The number of rotatable bonds is 5. The Morgan fingerprint density at radius 1 is 1.20 bits per heavy atom. The largest absolute Gasteiger partial charge is 0.308 e. The maximum atomic E-state index is 4.16. The molecule has 0 aliphatic heterocycles. The SMILES string of the molecule is Brc1csc(CNCc2cn[nH]c2-c2ccccc2)c1. The van der Waals surface area contributed by atoms with Gasteiger partial charge in [-0.25, -0.2) is 0 Å². The first kappa shape index (κ1) is 13.5. The number of hydrogen-bond acceptors (Lipinski definition) is 3. The molecule has 2 aromatic heterocycles. The number of aromatic nitrogens is 2. The van der Waals surface area contributed by atoms with Gasteiger partial charge in [0.05, 0.1) is 11.9 Å². The van der Waals surface area contributed by atoms with Crippen LogP contribution in [0.1, 0.15) is 10.4 Å². The van der Waals surface area contributed by atoms with Crippen LogP contribution in [0.5, 0.6) is 0 Å². The Balaban J connectivity index is 1.65. The molecule has 20 heavy (non-hydrogen) atoms. The van der Waals surface area contributed by atoms with Gasteiger partial charge in [-0.15, -0.1) is 11.3 Å². The summed E-state index contributed by atoms with van der Waals surface area (Å²) in [6, 6.07) is 12.4. The molecule has 3 rings (SSSR count). The van der Waals surface area contributed by atoms with Gasteiger partial charge in [0.15, 0.2) is 0 Å². The minimum absolute atomic E-state index is 0.802. The van der Waals surface area contributed by atoms with Gasteiger partial charge in [-0.05, 0) is 27.6 Å². The third kappa shape index (κ3) is 3.17. The van der Waals surface area contributed by atoms with Gasteiger partial charge in [-0.3, -0.25) is 5.10 Å². The summed E-state index contributed by atoms with van der Waals surface area (Å²) in [5.74, 6) is 0. The van der Waals surface area contributed by atoms with Crippen LogP contribution in [-0.2, 0) is 13.1 Å². The lowest BCUT2D eigenvalue weighted by atomic mass is 10.1. The first-order chi connectivity index (χ1) is 9.83. The van der Waals surface area contributed by atoms with Crippen LogP contribution in [0.4, 0.5) is 0 Å². The Labute approximate surface area is 130 Å². The molecular weight excluding hydrogens is 334 g/mol. The highest BCUT2D eigenvalue weighted by Crippen LogP contribution is 2.21. The normalized spacial score (nSPS) is 10.8. The third-order valence-corrected chi connectivity index (χ3v) is 4.71. The fourth-order valence-electron chi connectivity index (χ4n) is 2.07. The summed E-state index contributed by atoms with van der Waals surface area (Å²) < 4.78 is 1.15. The molecule has 3 aromatic rings. The van der Waals surface area contributed by atoms with E-state index < -0.39 is 0 Å². The zero-order valence-electron chi connectivity index (χ0n) is 10.8. The Kier molecular flexibility index (Phi) is 4.30. The smallest absolute Gasteiger partial charge is 0.0695 e. The van der Waals surface area contributed by atoms with E-state index in [1.54, 1.807) is 11.3 Å². The lowest BCUT2D eigenvalue weighted by Crippen LogP contribution is -2.11. The molecule has 0 saturated carbocycles. The molecule has 0 unspecified atom stereocenters. The van der Waals surface area contributed by atoms with Crippen molar-refractivity contribution >= 4 is 27.3 Å². The van der Waals surface area contributed by atoms with Gasteiger partial charge >= 0.3 is 0 Å². The van der Waals surface area contributed by atoms with E-state index in [9.17, 15) is 0 Å². The molecule has 0 radical (unpaired) electrons. The predicted molar refractivity (Wildman–Crippen MR) is 86.6 cm³/mol. The second kappa shape index (κ2) is 6.35. The molecule has 3 nitrogen and oxygen atoms in total. The van der Waals surface area contributed by atoms with E-state index in [1.807, 2.05) is 24.4 Å². The molecular formula is C15H14BrN3S. The molecule has 0 atom stereocenters. The van der Waals surface area contributed by atoms with E-state index >= 15 is 0 Å². The van der Waals surface area contributed by atoms with Crippen LogP contribution in [0, 0.1) is 0 Å². The maximum absolute atomic E-state index is 4.16. The van der Waals surface area contributed by atoms with Crippen molar-refractivity contribution in [1.29, 1.82) is 0 Å². The molecule has 2 N–H and O–H groups in total. The maximum Gasteiger partial charge on any atom is 0.0695 e. The van der Waals surface area contributed by atoms with Gasteiger partial charge in [0, 0.05) is 33.4 Å². The van der Waals surface area contributed by atoms with E-state index in [0.717, 1.165) is 23.3 Å². The molecule has 2 heterocycles. The monoisotopic (exact) mass is 347 g/mol. The summed E-state index contributed by atoms with van der Waals surface area (Å²) in [5, 5.41) is 12.8. The average Bonchev–Trinajstić information content (AvgIpc) is 3.09. The van der Waals surface area contributed by atoms with Crippen LogP contribution in [0.3, 0.4) is 0 Å². The molecule has 0 bridgehead atoms. The lowest BCUT2D eigenvalue weighted by molar-refractivity contribution is 0.702. The molecule has 0 aliphatic carbocycles. The van der Waals surface area contributed by atoms with Gasteiger partial charge in [0.25, 0.3) is 0 Å². The molecule has 0 saturated heterocycles. The Bertz CT molecular complexity index is 675. The number of thiophene rings is 1. The molecule has 1 aromatic carbocycles. The van der Waals surface area contributed by atoms with Crippen molar-refractivity contribution in [2.75, 3.05) is 0 Å². The van der Waals surface area contributed by atoms with Gasteiger partial charge in [-0.2, -0.15) is 5.10 Å². The highest BCUT2D eigenvalue weighted by Gasteiger charge is 2.07. The predicted octanol–water partition coefficient (Wildman–Crippen LogP) is 4.19. The first-order valence-corrected chi connectivity index (χ1v) is 8.01. The van der Waals surface area contributed by atoms with E-state index in [4.69, 9.17) is 0 Å². The number of halogens is 1.